The van der Waals surface area contributed by atoms with E-state index in [9.17, 15) is 13.2 Å². The highest BCUT2D eigenvalue weighted by molar-refractivity contribution is 7.09. The first-order chi connectivity index (χ1) is 10.9. The average Bonchev–Trinajstić information content (AvgIpc) is 2.99. The maximum atomic E-state index is 12.5. The van der Waals surface area contributed by atoms with Crippen molar-refractivity contribution in [1.29, 1.82) is 0 Å². The van der Waals surface area contributed by atoms with Crippen molar-refractivity contribution in [2.45, 2.75) is 52.3 Å². The molecule has 0 spiro atoms. The van der Waals surface area contributed by atoms with Crippen LogP contribution in [0.25, 0.3) is 0 Å². The zero-order valence-electron chi connectivity index (χ0n) is 13.8. The fraction of sp³-hybridized carbons (Fsp3) is 0.733. The van der Waals surface area contributed by atoms with Crippen LogP contribution in [0.1, 0.15) is 50.2 Å². The summed E-state index contributed by atoms with van der Waals surface area (Å²) < 4.78 is 37.5. The van der Waals surface area contributed by atoms with Gasteiger partial charge in [0.15, 0.2) is 11.7 Å². The lowest BCUT2D eigenvalue weighted by atomic mass is 9.99. The molecule has 1 atom stereocenters. The van der Waals surface area contributed by atoms with E-state index in [-0.39, 0.29) is 6.54 Å². The van der Waals surface area contributed by atoms with Crippen LogP contribution < -0.4 is 10.6 Å². The van der Waals surface area contributed by atoms with E-state index in [0.29, 0.717) is 16.9 Å². The third kappa shape index (κ3) is 7.20. The van der Waals surface area contributed by atoms with E-state index >= 15 is 0 Å². The topological polar surface area (TPSA) is 49.3 Å². The van der Waals surface area contributed by atoms with Gasteiger partial charge in [0.2, 0.25) is 0 Å². The molecule has 1 heterocycles. The van der Waals surface area contributed by atoms with Gasteiger partial charge in [0, 0.05) is 19.0 Å². The molecule has 0 saturated carbocycles. The van der Waals surface area contributed by atoms with E-state index in [1.54, 1.807) is 7.05 Å². The van der Waals surface area contributed by atoms with Crippen LogP contribution in [-0.4, -0.2) is 24.5 Å². The molecular formula is C15H25F3N4S. The zero-order chi connectivity index (χ0) is 17.3. The smallest absolute Gasteiger partial charge is 0.356 e. The quantitative estimate of drug-likeness (QED) is 0.549. The van der Waals surface area contributed by atoms with Gasteiger partial charge in [-0.1, -0.05) is 33.1 Å². The van der Waals surface area contributed by atoms with Gasteiger partial charge in [0.1, 0.15) is 5.01 Å². The minimum Gasteiger partial charge on any atom is -0.356 e. The molecule has 0 aliphatic heterocycles. The molecule has 2 N–H and O–H groups in total. The van der Waals surface area contributed by atoms with Crippen molar-refractivity contribution in [3.63, 3.8) is 0 Å². The second kappa shape index (κ2) is 9.75. The van der Waals surface area contributed by atoms with Gasteiger partial charge in [-0.2, -0.15) is 13.2 Å². The Morgan fingerprint density at radius 3 is 2.61 bits per heavy atom. The lowest BCUT2D eigenvalue weighted by molar-refractivity contribution is -0.140. The third-order valence-corrected chi connectivity index (χ3v) is 4.42. The molecule has 0 saturated heterocycles. The van der Waals surface area contributed by atoms with Crippen LogP contribution in [0.4, 0.5) is 13.2 Å². The van der Waals surface area contributed by atoms with E-state index < -0.39 is 11.9 Å². The molecule has 1 unspecified atom stereocenters. The van der Waals surface area contributed by atoms with E-state index in [2.05, 4.69) is 34.5 Å². The summed E-state index contributed by atoms with van der Waals surface area (Å²) in [5.74, 6) is 1.16. The van der Waals surface area contributed by atoms with E-state index in [1.807, 2.05) is 0 Å². The summed E-state index contributed by atoms with van der Waals surface area (Å²) in [6.07, 6.45) is 0.243. The Balaban J connectivity index is 2.43. The van der Waals surface area contributed by atoms with Crippen molar-refractivity contribution in [3.05, 3.63) is 16.1 Å². The van der Waals surface area contributed by atoms with E-state index in [0.717, 1.165) is 29.7 Å². The largest absolute Gasteiger partial charge is 0.434 e. The van der Waals surface area contributed by atoms with Gasteiger partial charge in [0.25, 0.3) is 0 Å². The number of hydrogen-bond donors (Lipinski definition) is 2. The molecule has 8 heteroatoms. The predicted molar refractivity (Wildman–Crippen MR) is 88.6 cm³/mol. The fourth-order valence-corrected chi connectivity index (χ4v) is 2.83. The summed E-state index contributed by atoms with van der Waals surface area (Å²) in [6.45, 7) is 5.37. The number of nitrogens with zero attached hydrogens (tertiary/aromatic N) is 2. The first kappa shape index (κ1) is 19.7. The number of aromatic nitrogens is 1. The molecule has 0 aliphatic rings. The number of unbranched alkanes of at least 4 members (excludes halogenated alkanes) is 1. The van der Waals surface area contributed by atoms with Crippen LogP contribution in [0.15, 0.2) is 10.4 Å². The van der Waals surface area contributed by atoms with Crippen LogP contribution in [0.3, 0.4) is 0 Å². The Morgan fingerprint density at radius 1 is 1.35 bits per heavy atom. The van der Waals surface area contributed by atoms with Crippen molar-refractivity contribution in [2.24, 2.45) is 10.9 Å². The average molecular weight is 350 g/mol. The lowest BCUT2D eigenvalue weighted by Crippen LogP contribution is -2.39. The summed E-state index contributed by atoms with van der Waals surface area (Å²) in [6, 6.07) is 0. The molecule has 23 heavy (non-hydrogen) atoms. The number of aliphatic imine (C=N–C) groups is 1. The fourth-order valence-electron chi connectivity index (χ4n) is 2.09. The molecule has 0 fully saturated rings. The van der Waals surface area contributed by atoms with Crippen molar-refractivity contribution in [3.8, 4) is 0 Å². The highest BCUT2D eigenvalue weighted by Crippen LogP contribution is 2.29. The highest BCUT2D eigenvalue weighted by atomic mass is 32.1. The summed E-state index contributed by atoms with van der Waals surface area (Å²) in [5.41, 5.74) is -0.840. The second-order valence-corrected chi connectivity index (χ2v) is 6.29. The first-order valence-electron chi connectivity index (χ1n) is 7.86. The molecule has 0 aromatic carbocycles. The van der Waals surface area contributed by atoms with Gasteiger partial charge in [-0.15, -0.1) is 11.3 Å². The van der Waals surface area contributed by atoms with Gasteiger partial charge in [0.05, 0.1) is 6.54 Å². The number of nitrogens with one attached hydrogen (secondary N) is 2. The monoisotopic (exact) mass is 350 g/mol. The van der Waals surface area contributed by atoms with Crippen LogP contribution in [0, 0.1) is 5.92 Å². The number of guanidine groups is 1. The second-order valence-electron chi connectivity index (χ2n) is 5.35. The lowest BCUT2D eigenvalue weighted by Gasteiger charge is -2.17. The Kier molecular flexibility index (Phi) is 8.36. The maximum Gasteiger partial charge on any atom is 0.434 e. The van der Waals surface area contributed by atoms with Gasteiger partial charge in [-0.25, -0.2) is 4.98 Å². The van der Waals surface area contributed by atoms with Crippen LogP contribution in [0.2, 0.25) is 0 Å². The normalized spacial score (nSPS) is 13.9. The number of hydrogen-bond acceptors (Lipinski definition) is 3. The molecule has 1 aromatic rings. The highest BCUT2D eigenvalue weighted by Gasteiger charge is 2.33. The molecule has 1 rings (SSSR count). The molecule has 0 amide bonds. The Labute approximate surface area is 139 Å². The molecule has 0 radical (unpaired) electrons. The van der Waals surface area contributed by atoms with Crippen LogP contribution in [-0.2, 0) is 12.7 Å². The Bertz CT molecular complexity index is 485. The van der Waals surface area contributed by atoms with Crippen LogP contribution in [0.5, 0.6) is 0 Å². The van der Waals surface area contributed by atoms with Crippen molar-refractivity contribution in [1.82, 2.24) is 15.6 Å². The molecular weight excluding hydrogens is 325 g/mol. The molecule has 1 aromatic heterocycles. The number of halogens is 3. The number of alkyl halides is 3. The van der Waals surface area contributed by atoms with E-state index in [1.165, 1.54) is 19.3 Å². The number of thiazole rings is 1. The third-order valence-electron chi connectivity index (χ3n) is 3.57. The zero-order valence-corrected chi connectivity index (χ0v) is 14.7. The Morgan fingerprint density at radius 2 is 2.09 bits per heavy atom. The van der Waals surface area contributed by atoms with Crippen LogP contribution >= 0.6 is 11.3 Å². The first-order valence-corrected chi connectivity index (χ1v) is 8.74. The molecule has 4 nitrogen and oxygen atoms in total. The molecule has 0 bridgehead atoms. The van der Waals surface area contributed by atoms with Crippen molar-refractivity contribution < 1.29 is 13.2 Å². The van der Waals surface area contributed by atoms with Gasteiger partial charge in [-0.3, -0.25) is 4.99 Å². The van der Waals surface area contributed by atoms with Crippen molar-refractivity contribution >= 4 is 17.3 Å². The summed E-state index contributed by atoms with van der Waals surface area (Å²) >= 11 is 0.993. The minimum atomic E-state index is -4.39. The summed E-state index contributed by atoms with van der Waals surface area (Å²) in [5, 5.41) is 7.66. The number of rotatable bonds is 8. The van der Waals surface area contributed by atoms with Gasteiger partial charge >= 0.3 is 6.18 Å². The standard InChI is InChI=1S/C15H25F3N4S/c1-4-6-7-11(5-2)8-20-14(19-3)21-9-13-22-12(10-23-13)15(16,17)18/h10-11H,4-9H2,1-3H3,(H2,19,20,21). The van der Waals surface area contributed by atoms with Gasteiger partial charge in [-0.05, 0) is 12.3 Å². The van der Waals surface area contributed by atoms with Gasteiger partial charge < -0.3 is 10.6 Å². The minimum absolute atomic E-state index is 0.228. The molecule has 132 valence electrons. The molecule has 0 aliphatic carbocycles. The van der Waals surface area contributed by atoms with E-state index in [4.69, 9.17) is 0 Å². The predicted octanol–water partition coefficient (Wildman–Crippen LogP) is 4.04. The summed E-state index contributed by atoms with van der Waals surface area (Å²) in [7, 11) is 1.64. The summed E-state index contributed by atoms with van der Waals surface area (Å²) in [4.78, 5) is 7.68. The van der Waals surface area contributed by atoms with Crippen molar-refractivity contribution in [2.75, 3.05) is 13.6 Å². The Hall–Kier alpha value is -1.31. The SMILES string of the molecule is CCCCC(CC)CNC(=NC)NCc1nc(C(F)(F)F)cs1. The maximum absolute atomic E-state index is 12.5.